The number of benzene rings is 4. The van der Waals surface area contributed by atoms with Gasteiger partial charge in [0.05, 0.1) is 26.2 Å². The molecule has 4 aromatic rings. The molecule has 0 heterocycles. The van der Waals surface area contributed by atoms with E-state index in [0.717, 1.165) is 33.8 Å². The van der Waals surface area contributed by atoms with Gasteiger partial charge in [0.25, 0.3) is 0 Å². The van der Waals surface area contributed by atoms with Crippen molar-refractivity contribution in [3.8, 4) is 11.5 Å². The van der Waals surface area contributed by atoms with Crippen molar-refractivity contribution in [3.63, 3.8) is 0 Å². The number of carbonyl (C=O) groups excluding carboxylic acids is 1. The summed E-state index contributed by atoms with van der Waals surface area (Å²) >= 11 is 0. The van der Waals surface area contributed by atoms with Gasteiger partial charge in [-0.15, -0.1) is 0 Å². The van der Waals surface area contributed by atoms with Gasteiger partial charge in [0.1, 0.15) is 11.5 Å². The van der Waals surface area contributed by atoms with Crippen LogP contribution in [0.4, 0.5) is 0 Å². The molecule has 1 atom stereocenters. The number of methoxy groups -OCH3 is 2. The fourth-order valence-corrected chi connectivity index (χ4v) is 4.13. The lowest BCUT2D eigenvalue weighted by molar-refractivity contribution is -0.122. The fourth-order valence-electron chi connectivity index (χ4n) is 4.13. The van der Waals surface area contributed by atoms with Gasteiger partial charge >= 0.3 is 0 Å². The van der Waals surface area contributed by atoms with E-state index in [1.807, 2.05) is 109 Å². The van der Waals surface area contributed by atoms with Crippen molar-refractivity contribution in [2.24, 2.45) is 0 Å². The summed E-state index contributed by atoms with van der Waals surface area (Å²) < 4.78 is 10.6. The molecule has 0 aromatic heterocycles. The zero-order chi connectivity index (χ0) is 23.8. The number of rotatable bonds is 9. The number of carbonyl (C=O) groups is 1. The first kappa shape index (κ1) is 23.1. The van der Waals surface area contributed by atoms with Gasteiger partial charge in [0.15, 0.2) is 0 Å². The number of amides is 1. The molecule has 4 aromatic carbocycles. The maximum atomic E-state index is 13.8. The molecule has 0 aliphatic heterocycles. The largest absolute Gasteiger partial charge is 0.497 e. The summed E-state index contributed by atoms with van der Waals surface area (Å²) in [6, 6.07) is 35.4. The Balaban J connectivity index is 1.65. The van der Waals surface area contributed by atoms with Crippen molar-refractivity contribution >= 4 is 5.91 Å². The Morgan fingerprint density at radius 1 is 0.647 bits per heavy atom. The lowest BCUT2D eigenvalue weighted by atomic mass is 9.89. The first-order valence-corrected chi connectivity index (χ1v) is 11.3. The second-order valence-electron chi connectivity index (χ2n) is 8.14. The van der Waals surface area contributed by atoms with Gasteiger partial charge in [-0.25, -0.2) is 0 Å². The van der Waals surface area contributed by atoms with Crippen molar-refractivity contribution in [3.05, 3.63) is 131 Å². The van der Waals surface area contributed by atoms with Gasteiger partial charge in [-0.05, 0) is 52.9 Å². The molecule has 0 aliphatic rings. The minimum Gasteiger partial charge on any atom is -0.497 e. The molecule has 0 radical (unpaired) electrons. The molecule has 1 N–H and O–H groups in total. The second kappa shape index (κ2) is 11.2. The predicted molar refractivity (Wildman–Crippen MR) is 135 cm³/mol. The molecule has 0 spiro atoms. The molecule has 4 heteroatoms. The van der Waals surface area contributed by atoms with Crippen LogP contribution in [-0.4, -0.2) is 20.1 Å². The van der Waals surface area contributed by atoms with Crippen LogP contribution in [0.1, 0.15) is 34.2 Å². The second-order valence-corrected chi connectivity index (χ2v) is 8.14. The molecular formula is C30H29NO3. The smallest absolute Gasteiger partial charge is 0.232 e. The van der Waals surface area contributed by atoms with E-state index in [2.05, 4.69) is 5.32 Å². The number of ether oxygens (including phenoxy) is 2. The van der Waals surface area contributed by atoms with Gasteiger partial charge in [0, 0.05) is 0 Å². The highest BCUT2D eigenvalue weighted by Gasteiger charge is 2.25. The Kier molecular flexibility index (Phi) is 7.61. The van der Waals surface area contributed by atoms with Crippen LogP contribution in [0, 0.1) is 0 Å². The Morgan fingerprint density at radius 2 is 1.12 bits per heavy atom. The molecule has 0 aliphatic carbocycles. The molecule has 0 bridgehead atoms. The maximum Gasteiger partial charge on any atom is 0.232 e. The monoisotopic (exact) mass is 451 g/mol. The highest BCUT2D eigenvalue weighted by atomic mass is 16.5. The Labute approximate surface area is 201 Å². The minimum atomic E-state index is -0.404. The fraction of sp³-hybridized carbons (Fsp3) is 0.167. The summed E-state index contributed by atoms with van der Waals surface area (Å²) in [7, 11) is 3.30. The van der Waals surface area contributed by atoms with E-state index in [-0.39, 0.29) is 11.9 Å². The predicted octanol–water partition coefficient (Wildman–Crippen LogP) is 5.94. The zero-order valence-electron chi connectivity index (χ0n) is 19.5. The molecular weight excluding hydrogens is 422 g/mol. The Morgan fingerprint density at radius 3 is 1.59 bits per heavy atom. The van der Waals surface area contributed by atoms with Gasteiger partial charge in [-0.1, -0.05) is 84.9 Å². The van der Waals surface area contributed by atoms with E-state index in [1.165, 1.54) is 0 Å². The maximum absolute atomic E-state index is 13.8. The topological polar surface area (TPSA) is 47.6 Å². The number of hydrogen-bond donors (Lipinski definition) is 1. The third-order valence-corrected chi connectivity index (χ3v) is 5.96. The van der Waals surface area contributed by atoms with Crippen LogP contribution in [0.2, 0.25) is 0 Å². The van der Waals surface area contributed by atoms with Crippen LogP contribution in [-0.2, 0) is 11.2 Å². The lowest BCUT2D eigenvalue weighted by Gasteiger charge is -2.24. The van der Waals surface area contributed by atoms with Crippen LogP contribution in [0.3, 0.4) is 0 Å². The third kappa shape index (κ3) is 5.65. The zero-order valence-corrected chi connectivity index (χ0v) is 19.5. The van der Waals surface area contributed by atoms with E-state index < -0.39 is 5.92 Å². The Hall–Kier alpha value is -4.05. The van der Waals surface area contributed by atoms with E-state index in [4.69, 9.17) is 9.47 Å². The van der Waals surface area contributed by atoms with Gasteiger partial charge < -0.3 is 14.8 Å². The molecule has 0 saturated heterocycles. The molecule has 34 heavy (non-hydrogen) atoms. The van der Waals surface area contributed by atoms with Crippen molar-refractivity contribution in [2.75, 3.05) is 14.2 Å². The Bertz CT molecular complexity index is 1130. The van der Waals surface area contributed by atoms with Crippen molar-refractivity contribution in [2.45, 2.75) is 18.4 Å². The first-order chi connectivity index (χ1) is 16.7. The van der Waals surface area contributed by atoms with Crippen LogP contribution in [0.5, 0.6) is 11.5 Å². The average molecular weight is 452 g/mol. The van der Waals surface area contributed by atoms with Crippen molar-refractivity contribution in [1.29, 1.82) is 0 Å². The molecule has 0 unspecified atom stereocenters. The summed E-state index contributed by atoms with van der Waals surface area (Å²) in [4.78, 5) is 13.8. The molecule has 1 amide bonds. The molecule has 4 rings (SSSR count). The minimum absolute atomic E-state index is 0.0354. The third-order valence-electron chi connectivity index (χ3n) is 5.96. The van der Waals surface area contributed by atoms with Crippen LogP contribution >= 0.6 is 0 Å². The van der Waals surface area contributed by atoms with E-state index in [9.17, 15) is 4.79 Å². The van der Waals surface area contributed by atoms with E-state index in [1.54, 1.807) is 14.2 Å². The van der Waals surface area contributed by atoms with E-state index >= 15 is 0 Å². The van der Waals surface area contributed by atoms with E-state index in [0.29, 0.717) is 6.42 Å². The van der Waals surface area contributed by atoms with Crippen LogP contribution in [0.15, 0.2) is 109 Å². The highest BCUT2D eigenvalue weighted by Crippen LogP contribution is 2.28. The SMILES string of the molecule is COc1ccc(C[C@H](NC(=O)C(c2ccccc2)c2ccccc2)c2ccc(OC)cc2)cc1. The summed E-state index contributed by atoms with van der Waals surface area (Å²) in [5.74, 6) is 1.15. The summed E-state index contributed by atoms with van der Waals surface area (Å²) in [5, 5.41) is 3.33. The summed E-state index contributed by atoms with van der Waals surface area (Å²) in [6.07, 6.45) is 0.651. The quantitative estimate of drug-likeness (QED) is 0.343. The standard InChI is InChI=1S/C30H29NO3/c1-33-26-17-13-22(14-18-26)21-28(23-15-19-27(34-2)20-16-23)31-30(32)29(24-9-5-3-6-10-24)25-11-7-4-8-12-25/h3-20,28-29H,21H2,1-2H3,(H,31,32)/t28-/m0/s1. The number of hydrogen-bond acceptors (Lipinski definition) is 3. The first-order valence-electron chi connectivity index (χ1n) is 11.3. The van der Waals surface area contributed by atoms with Crippen molar-refractivity contribution < 1.29 is 14.3 Å². The van der Waals surface area contributed by atoms with Gasteiger partial charge in [-0.2, -0.15) is 0 Å². The molecule has 0 saturated carbocycles. The van der Waals surface area contributed by atoms with Crippen LogP contribution in [0.25, 0.3) is 0 Å². The van der Waals surface area contributed by atoms with Gasteiger partial charge in [0.2, 0.25) is 5.91 Å². The number of nitrogens with one attached hydrogen (secondary N) is 1. The van der Waals surface area contributed by atoms with Crippen molar-refractivity contribution in [1.82, 2.24) is 5.32 Å². The summed E-state index contributed by atoms with van der Waals surface area (Å²) in [5.41, 5.74) is 4.05. The molecule has 0 fully saturated rings. The normalized spacial score (nSPS) is 11.6. The van der Waals surface area contributed by atoms with Crippen LogP contribution < -0.4 is 14.8 Å². The summed E-state index contributed by atoms with van der Waals surface area (Å²) in [6.45, 7) is 0. The molecule has 4 nitrogen and oxygen atoms in total. The highest BCUT2D eigenvalue weighted by molar-refractivity contribution is 5.87. The lowest BCUT2D eigenvalue weighted by Crippen LogP contribution is -2.34. The molecule has 172 valence electrons. The average Bonchev–Trinajstić information content (AvgIpc) is 2.90. The van der Waals surface area contributed by atoms with Gasteiger partial charge in [-0.3, -0.25) is 4.79 Å².